The molecular formula is C15H23N3O2. The standard InChI is InChI=1S/C15H23N3O2/c1-2-6-17-7-9-18(10-8-17)11-12-4-3-5-13(16)14(12)15(19)20/h3-5H,2,6-11,16H2,1H3,(H,19,20). The highest BCUT2D eigenvalue weighted by molar-refractivity contribution is 5.95. The summed E-state index contributed by atoms with van der Waals surface area (Å²) in [5, 5.41) is 9.28. The number of piperazine rings is 1. The van der Waals surface area contributed by atoms with Crippen molar-refractivity contribution in [3.63, 3.8) is 0 Å². The molecule has 110 valence electrons. The second-order valence-corrected chi connectivity index (χ2v) is 5.30. The lowest BCUT2D eigenvalue weighted by atomic mass is 10.0. The topological polar surface area (TPSA) is 69.8 Å². The molecule has 0 unspecified atom stereocenters. The summed E-state index contributed by atoms with van der Waals surface area (Å²) in [4.78, 5) is 16.1. The summed E-state index contributed by atoms with van der Waals surface area (Å²) in [5.41, 5.74) is 7.19. The van der Waals surface area contributed by atoms with Gasteiger partial charge < -0.3 is 15.7 Å². The van der Waals surface area contributed by atoms with E-state index in [1.807, 2.05) is 12.1 Å². The molecule has 0 radical (unpaired) electrons. The lowest BCUT2D eigenvalue weighted by molar-refractivity contribution is 0.0694. The molecule has 5 nitrogen and oxygen atoms in total. The number of hydrogen-bond acceptors (Lipinski definition) is 4. The van der Waals surface area contributed by atoms with Crippen LogP contribution in [0, 0.1) is 0 Å². The summed E-state index contributed by atoms with van der Waals surface area (Å²) < 4.78 is 0. The van der Waals surface area contributed by atoms with E-state index in [2.05, 4.69) is 16.7 Å². The van der Waals surface area contributed by atoms with Crippen molar-refractivity contribution < 1.29 is 9.90 Å². The first-order valence-electron chi connectivity index (χ1n) is 7.17. The number of carboxylic acid groups (broad SMARTS) is 1. The molecule has 0 aromatic heterocycles. The maximum absolute atomic E-state index is 11.3. The predicted octanol–water partition coefficient (Wildman–Crippen LogP) is 1.49. The lowest BCUT2D eigenvalue weighted by Crippen LogP contribution is -2.46. The minimum absolute atomic E-state index is 0.253. The fourth-order valence-corrected chi connectivity index (χ4v) is 2.74. The van der Waals surface area contributed by atoms with Crippen LogP contribution < -0.4 is 5.73 Å². The second kappa shape index (κ2) is 6.72. The van der Waals surface area contributed by atoms with Crippen molar-refractivity contribution in [2.75, 3.05) is 38.5 Å². The molecule has 0 spiro atoms. The minimum atomic E-state index is -0.942. The number of hydrogen-bond donors (Lipinski definition) is 2. The van der Waals surface area contributed by atoms with Gasteiger partial charge in [-0.2, -0.15) is 0 Å². The maximum atomic E-state index is 11.3. The number of carboxylic acids is 1. The Hall–Kier alpha value is -1.59. The fourth-order valence-electron chi connectivity index (χ4n) is 2.74. The summed E-state index contributed by atoms with van der Waals surface area (Å²) in [6.07, 6.45) is 1.18. The Morgan fingerprint density at radius 3 is 2.50 bits per heavy atom. The lowest BCUT2D eigenvalue weighted by Gasteiger charge is -2.34. The van der Waals surface area contributed by atoms with Gasteiger partial charge in [0.1, 0.15) is 0 Å². The average molecular weight is 277 g/mol. The van der Waals surface area contributed by atoms with E-state index in [0.717, 1.165) is 38.3 Å². The molecule has 0 bridgehead atoms. The molecule has 20 heavy (non-hydrogen) atoms. The second-order valence-electron chi connectivity index (χ2n) is 5.30. The van der Waals surface area contributed by atoms with Crippen LogP contribution in [0.1, 0.15) is 29.3 Å². The smallest absolute Gasteiger partial charge is 0.338 e. The monoisotopic (exact) mass is 277 g/mol. The summed E-state index contributed by atoms with van der Waals surface area (Å²) in [6, 6.07) is 5.33. The van der Waals surface area contributed by atoms with Gasteiger partial charge in [0, 0.05) is 38.4 Å². The summed E-state index contributed by atoms with van der Waals surface area (Å²) in [7, 11) is 0. The third kappa shape index (κ3) is 3.49. The summed E-state index contributed by atoms with van der Waals surface area (Å²) in [5.74, 6) is -0.942. The zero-order valence-electron chi connectivity index (χ0n) is 12.0. The van der Waals surface area contributed by atoms with Gasteiger partial charge in [-0.25, -0.2) is 4.79 Å². The van der Waals surface area contributed by atoms with Gasteiger partial charge >= 0.3 is 5.97 Å². The van der Waals surface area contributed by atoms with Crippen LogP contribution in [0.2, 0.25) is 0 Å². The van der Waals surface area contributed by atoms with E-state index in [-0.39, 0.29) is 5.56 Å². The Kier molecular flexibility index (Phi) is 4.98. The van der Waals surface area contributed by atoms with Gasteiger partial charge in [0.25, 0.3) is 0 Å². The molecule has 1 aromatic rings. The van der Waals surface area contributed by atoms with Gasteiger partial charge in [-0.05, 0) is 24.6 Å². The van der Waals surface area contributed by atoms with Gasteiger partial charge in [-0.3, -0.25) is 4.90 Å². The first kappa shape index (κ1) is 14.8. The first-order valence-corrected chi connectivity index (χ1v) is 7.17. The van der Waals surface area contributed by atoms with Crippen LogP contribution in [0.4, 0.5) is 5.69 Å². The molecule has 1 saturated heterocycles. The maximum Gasteiger partial charge on any atom is 0.338 e. The van der Waals surface area contributed by atoms with E-state index in [9.17, 15) is 9.90 Å². The highest BCUT2D eigenvalue weighted by Gasteiger charge is 2.19. The Bertz CT molecular complexity index is 468. The van der Waals surface area contributed by atoms with E-state index in [0.29, 0.717) is 12.2 Å². The van der Waals surface area contributed by atoms with E-state index >= 15 is 0 Å². The first-order chi connectivity index (χ1) is 9.61. The zero-order chi connectivity index (χ0) is 14.5. The van der Waals surface area contributed by atoms with Crippen LogP contribution in [-0.4, -0.2) is 53.6 Å². The van der Waals surface area contributed by atoms with Crippen molar-refractivity contribution in [2.24, 2.45) is 0 Å². The van der Waals surface area contributed by atoms with Crippen LogP contribution in [-0.2, 0) is 6.54 Å². The number of nitrogens with two attached hydrogens (primary N) is 1. The minimum Gasteiger partial charge on any atom is -0.478 e. The quantitative estimate of drug-likeness (QED) is 0.798. The van der Waals surface area contributed by atoms with Gasteiger partial charge in [0.05, 0.1) is 5.56 Å². The number of rotatable bonds is 5. The largest absolute Gasteiger partial charge is 0.478 e. The van der Waals surface area contributed by atoms with Crippen molar-refractivity contribution in [3.8, 4) is 0 Å². The van der Waals surface area contributed by atoms with Crippen molar-refractivity contribution in [3.05, 3.63) is 29.3 Å². The molecule has 0 aliphatic carbocycles. The molecule has 1 aliphatic rings. The normalized spacial score (nSPS) is 17.2. The molecule has 0 saturated carbocycles. The van der Waals surface area contributed by atoms with Crippen LogP contribution in [0.15, 0.2) is 18.2 Å². The molecule has 1 heterocycles. The molecule has 5 heteroatoms. The third-order valence-electron chi connectivity index (χ3n) is 3.80. The Morgan fingerprint density at radius 1 is 1.25 bits per heavy atom. The van der Waals surface area contributed by atoms with Crippen LogP contribution in [0.3, 0.4) is 0 Å². The molecule has 1 aromatic carbocycles. The van der Waals surface area contributed by atoms with Gasteiger partial charge in [0.15, 0.2) is 0 Å². The van der Waals surface area contributed by atoms with Crippen LogP contribution >= 0.6 is 0 Å². The molecule has 1 fully saturated rings. The van der Waals surface area contributed by atoms with Crippen molar-refractivity contribution in [1.29, 1.82) is 0 Å². The molecule has 0 amide bonds. The Morgan fingerprint density at radius 2 is 1.90 bits per heavy atom. The van der Waals surface area contributed by atoms with Gasteiger partial charge in [-0.1, -0.05) is 19.1 Å². The van der Waals surface area contributed by atoms with Gasteiger partial charge in [-0.15, -0.1) is 0 Å². The van der Waals surface area contributed by atoms with E-state index in [1.54, 1.807) is 6.07 Å². The van der Waals surface area contributed by atoms with E-state index in [1.165, 1.54) is 6.42 Å². The number of aromatic carboxylic acids is 1. The van der Waals surface area contributed by atoms with Gasteiger partial charge in [0.2, 0.25) is 0 Å². The number of anilines is 1. The van der Waals surface area contributed by atoms with Crippen molar-refractivity contribution in [2.45, 2.75) is 19.9 Å². The highest BCUT2D eigenvalue weighted by Crippen LogP contribution is 2.19. The number of nitrogens with zero attached hydrogens (tertiary/aromatic N) is 2. The number of nitrogen functional groups attached to an aromatic ring is 1. The average Bonchev–Trinajstić information content (AvgIpc) is 2.41. The zero-order valence-corrected chi connectivity index (χ0v) is 12.0. The molecule has 0 atom stereocenters. The Balaban J connectivity index is 2.01. The highest BCUT2D eigenvalue weighted by atomic mass is 16.4. The predicted molar refractivity (Wildman–Crippen MR) is 79.8 cm³/mol. The van der Waals surface area contributed by atoms with Crippen LogP contribution in [0.25, 0.3) is 0 Å². The molecular weight excluding hydrogens is 254 g/mol. The number of carbonyl (C=O) groups is 1. The molecule has 1 aliphatic heterocycles. The van der Waals surface area contributed by atoms with Crippen molar-refractivity contribution in [1.82, 2.24) is 9.80 Å². The van der Waals surface area contributed by atoms with Crippen molar-refractivity contribution >= 4 is 11.7 Å². The third-order valence-corrected chi connectivity index (χ3v) is 3.80. The van der Waals surface area contributed by atoms with Crippen LogP contribution in [0.5, 0.6) is 0 Å². The Labute approximate surface area is 120 Å². The molecule has 3 N–H and O–H groups in total. The summed E-state index contributed by atoms with van der Waals surface area (Å²) in [6.45, 7) is 8.07. The molecule has 2 rings (SSSR count). The van der Waals surface area contributed by atoms with E-state index < -0.39 is 5.97 Å². The SMILES string of the molecule is CCCN1CCN(Cc2cccc(N)c2C(=O)O)CC1. The fraction of sp³-hybridized carbons (Fsp3) is 0.533. The summed E-state index contributed by atoms with van der Waals surface area (Å²) >= 11 is 0. The van der Waals surface area contributed by atoms with E-state index in [4.69, 9.17) is 5.73 Å². The number of benzene rings is 1.